The van der Waals surface area contributed by atoms with Crippen LogP contribution in [0.15, 0.2) is 108 Å². The number of benzene rings is 5. The summed E-state index contributed by atoms with van der Waals surface area (Å²) in [7, 11) is 0. The fourth-order valence-corrected chi connectivity index (χ4v) is 10.9. The SMILES string of the molecule is Cc1cc2c([c-]c1Oc1[c-]c(C3=N[C@](C)(C(C(C)C)C(C)C)C(C)(C)N3c3c(C)cccc3C)cc(-c3ccccc3)c1)-n1c3ncccc3c3cccc(c31)C2(C)C.[Pt+2]. The second-order valence-corrected chi connectivity index (χ2v) is 18.9. The van der Waals surface area contributed by atoms with Crippen molar-refractivity contribution in [3.05, 3.63) is 149 Å². The average molecular weight is 972 g/mol. The van der Waals surface area contributed by atoms with Gasteiger partial charge in [0.25, 0.3) is 0 Å². The second kappa shape index (κ2) is 14.9. The Hall–Kier alpha value is -4.99. The number of ether oxygens (including phenoxy) is 1. The molecule has 5 aromatic carbocycles. The molecule has 6 heteroatoms. The maximum atomic E-state index is 7.08. The van der Waals surface area contributed by atoms with Crippen LogP contribution in [-0.4, -0.2) is 26.5 Å². The molecule has 0 fully saturated rings. The topological polar surface area (TPSA) is 42.6 Å². The van der Waals surface area contributed by atoms with Gasteiger partial charge in [-0.1, -0.05) is 139 Å². The van der Waals surface area contributed by atoms with E-state index in [0.717, 1.165) is 44.8 Å². The van der Waals surface area contributed by atoms with Crippen molar-refractivity contribution in [2.24, 2.45) is 22.7 Å². The van der Waals surface area contributed by atoms with Crippen LogP contribution in [0.1, 0.15) is 95.7 Å². The van der Waals surface area contributed by atoms with Crippen LogP contribution in [0.2, 0.25) is 0 Å². The summed E-state index contributed by atoms with van der Waals surface area (Å²) in [6.07, 6.45) is 1.88. The molecule has 2 aliphatic rings. The number of rotatable bonds is 8. The van der Waals surface area contributed by atoms with E-state index in [2.05, 4.69) is 196 Å². The van der Waals surface area contributed by atoms with Crippen LogP contribution < -0.4 is 9.64 Å². The number of aliphatic imine (C=N–C) groups is 1. The fraction of sp³-hybridized carbons (Fsp3) is 0.333. The number of hydrogen-bond acceptors (Lipinski definition) is 4. The zero-order chi connectivity index (χ0) is 41.8. The molecule has 9 rings (SSSR count). The first-order valence-electron chi connectivity index (χ1n) is 21.3. The zero-order valence-electron chi connectivity index (χ0n) is 37.1. The van der Waals surface area contributed by atoms with E-state index in [1.165, 1.54) is 38.8 Å². The third-order valence-electron chi connectivity index (χ3n) is 13.8. The monoisotopic (exact) mass is 971 g/mol. The van der Waals surface area contributed by atoms with Crippen molar-refractivity contribution < 1.29 is 25.8 Å². The van der Waals surface area contributed by atoms with Gasteiger partial charge in [0.05, 0.1) is 22.4 Å². The molecule has 0 saturated heterocycles. The van der Waals surface area contributed by atoms with Gasteiger partial charge in [-0.05, 0) is 92.2 Å². The third-order valence-corrected chi connectivity index (χ3v) is 13.8. The Morgan fingerprint density at radius 2 is 1.33 bits per heavy atom. The average Bonchev–Trinajstić information content (AvgIpc) is 3.63. The van der Waals surface area contributed by atoms with Crippen molar-refractivity contribution in [2.75, 3.05) is 4.90 Å². The van der Waals surface area contributed by atoms with Crippen LogP contribution >= 0.6 is 0 Å². The van der Waals surface area contributed by atoms with Crippen molar-refractivity contribution in [3.8, 4) is 28.3 Å². The quantitative estimate of drug-likeness (QED) is 0.143. The summed E-state index contributed by atoms with van der Waals surface area (Å²) in [6, 6.07) is 42.3. The molecule has 5 nitrogen and oxygen atoms in total. The first-order chi connectivity index (χ1) is 28.0. The Morgan fingerprint density at radius 3 is 2.02 bits per heavy atom. The molecule has 7 aromatic rings. The van der Waals surface area contributed by atoms with E-state index < -0.39 is 5.54 Å². The van der Waals surface area contributed by atoms with E-state index in [1.807, 2.05) is 12.3 Å². The van der Waals surface area contributed by atoms with E-state index in [4.69, 9.17) is 14.7 Å². The molecular formula is C54H56N4OPt. The predicted octanol–water partition coefficient (Wildman–Crippen LogP) is 13.5. The molecule has 0 amide bonds. The van der Waals surface area contributed by atoms with Crippen molar-refractivity contribution in [3.63, 3.8) is 0 Å². The smallest absolute Gasteiger partial charge is 0.503 e. The van der Waals surface area contributed by atoms with Gasteiger partial charge < -0.3 is 19.2 Å². The number of fused-ring (bicyclic) bond motifs is 5. The standard InChI is InChI=1S/C54H56N4O.Pt/c1-32(2)47(33(3)4)54(12)53(10,11)58(48-34(5)19-16-20-35(48)6)50(56-54)39-28-38(37-21-14-13-15-22-37)29-40(30-39)59-46-31-45-44(27-36(46)7)52(8,9)43-25-17-23-41-42-24-18-26-55-51(42)57(45)49(41)43;/h13-29,32-33,47H,1-12H3;/q-2;+2/t54-;/m1./s1. The molecule has 0 unspecified atom stereocenters. The summed E-state index contributed by atoms with van der Waals surface area (Å²) in [5, 5.41) is 2.34. The van der Waals surface area contributed by atoms with Crippen LogP contribution in [0, 0.1) is 50.7 Å². The molecule has 2 aromatic heterocycles. The molecule has 0 spiro atoms. The number of amidine groups is 1. The number of hydrogen-bond donors (Lipinski definition) is 0. The molecule has 1 atom stereocenters. The minimum Gasteiger partial charge on any atom is -0.503 e. The van der Waals surface area contributed by atoms with Crippen molar-refractivity contribution >= 4 is 33.5 Å². The molecule has 308 valence electrons. The maximum absolute atomic E-state index is 7.08. The predicted molar refractivity (Wildman–Crippen MR) is 246 cm³/mol. The third kappa shape index (κ3) is 6.21. The first-order valence-corrected chi connectivity index (χ1v) is 21.3. The Balaban J connectivity index is 0.00000499. The fourth-order valence-electron chi connectivity index (χ4n) is 10.9. The Morgan fingerprint density at radius 1 is 0.667 bits per heavy atom. The van der Waals surface area contributed by atoms with Gasteiger partial charge in [-0.15, -0.1) is 28.8 Å². The van der Waals surface area contributed by atoms with Gasteiger partial charge in [0.1, 0.15) is 5.65 Å². The van der Waals surface area contributed by atoms with Crippen molar-refractivity contribution in [1.29, 1.82) is 0 Å². The molecule has 4 heterocycles. The minimum absolute atomic E-state index is 0. The number of anilines is 1. The molecule has 60 heavy (non-hydrogen) atoms. The van der Waals surface area contributed by atoms with Gasteiger partial charge in [0, 0.05) is 34.2 Å². The van der Waals surface area contributed by atoms with Crippen LogP contribution in [0.5, 0.6) is 11.5 Å². The van der Waals surface area contributed by atoms with E-state index in [-0.39, 0.29) is 32.0 Å². The second-order valence-electron chi connectivity index (χ2n) is 18.9. The molecule has 0 saturated carbocycles. The number of aromatic nitrogens is 2. The molecular weight excluding hydrogens is 916 g/mol. The van der Waals surface area contributed by atoms with Gasteiger partial charge in [-0.2, -0.15) is 6.07 Å². The van der Waals surface area contributed by atoms with Crippen molar-refractivity contribution in [1.82, 2.24) is 9.55 Å². The molecule has 0 N–H and O–H groups in total. The van der Waals surface area contributed by atoms with Gasteiger partial charge in [0.15, 0.2) is 0 Å². The summed E-state index contributed by atoms with van der Waals surface area (Å²) in [5.74, 6) is 3.38. The Labute approximate surface area is 371 Å². The largest absolute Gasteiger partial charge is 2.00 e. The van der Waals surface area contributed by atoms with Gasteiger partial charge in [-0.3, -0.25) is 0 Å². The summed E-state index contributed by atoms with van der Waals surface area (Å²) in [6.45, 7) is 27.8. The Kier molecular flexibility index (Phi) is 10.3. The van der Waals surface area contributed by atoms with Crippen LogP contribution in [0.4, 0.5) is 5.69 Å². The summed E-state index contributed by atoms with van der Waals surface area (Å²) in [4.78, 5) is 13.4. The number of nitrogens with zero attached hydrogens (tertiary/aromatic N) is 4. The van der Waals surface area contributed by atoms with E-state index in [9.17, 15) is 0 Å². The number of para-hydroxylation sites is 2. The minimum atomic E-state index is -0.415. The number of pyridine rings is 1. The van der Waals surface area contributed by atoms with Crippen LogP contribution in [0.25, 0.3) is 38.8 Å². The molecule has 2 aliphatic heterocycles. The van der Waals surface area contributed by atoms with Gasteiger partial charge in [0.2, 0.25) is 0 Å². The molecule has 0 aliphatic carbocycles. The van der Waals surface area contributed by atoms with E-state index in [1.54, 1.807) is 0 Å². The van der Waals surface area contributed by atoms with E-state index >= 15 is 0 Å². The van der Waals surface area contributed by atoms with Crippen LogP contribution in [0.3, 0.4) is 0 Å². The Bertz CT molecular complexity index is 2800. The summed E-state index contributed by atoms with van der Waals surface area (Å²) in [5.41, 5.74) is 12.2. The summed E-state index contributed by atoms with van der Waals surface area (Å²) < 4.78 is 9.37. The molecule has 0 bridgehead atoms. The zero-order valence-corrected chi connectivity index (χ0v) is 39.3. The van der Waals surface area contributed by atoms with E-state index in [0.29, 0.717) is 29.3 Å². The normalized spacial score (nSPS) is 17.7. The van der Waals surface area contributed by atoms with Crippen LogP contribution in [-0.2, 0) is 26.5 Å². The van der Waals surface area contributed by atoms with Crippen molar-refractivity contribution in [2.45, 2.75) is 99.6 Å². The summed E-state index contributed by atoms with van der Waals surface area (Å²) >= 11 is 0. The maximum Gasteiger partial charge on any atom is 2.00 e. The van der Waals surface area contributed by atoms with Gasteiger partial charge in [-0.25, -0.2) is 4.98 Å². The van der Waals surface area contributed by atoms with Gasteiger partial charge >= 0.3 is 21.1 Å². The molecule has 0 radical (unpaired) electrons. The first kappa shape index (κ1) is 41.7. The number of aryl methyl sites for hydroxylation is 3.